The van der Waals surface area contributed by atoms with E-state index in [4.69, 9.17) is 0 Å². The van der Waals surface area contributed by atoms with E-state index in [0.29, 0.717) is 24.9 Å². The van der Waals surface area contributed by atoms with Crippen molar-refractivity contribution in [2.75, 3.05) is 20.7 Å². The fraction of sp³-hybridized carbons (Fsp3) is 0.385. The van der Waals surface area contributed by atoms with Crippen molar-refractivity contribution in [1.82, 2.24) is 4.90 Å². The van der Waals surface area contributed by atoms with Gasteiger partial charge in [-0.15, -0.1) is 0 Å². The van der Waals surface area contributed by atoms with Crippen LogP contribution in [0, 0.1) is 3.57 Å². The molecule has 0 unspecified atom stereocenters. The molecule has 0 saturated heterocycles. The molecular formula is C13H15BrINO3. The van der Waals surface area contributed by atoms with E-state index in [-0.39, 0.29) is 11.9 Å². The lowest BCUT2D eigenvalue weighted by molar-refractivity contribution is -0.140. The minimum absolute atomic E-state index is 0.0458. The molecule has 1 aromatic carbocycles. The van der Waals surface area contributed by atoms with E-state index in [1.807, 2.05) is 12.1 Å². The maximum atomic E-state index is 12.2. The number of hydrogen-bond acceptors (Lipinski definition) is 3. The molecule has 0 aliphatic carbocycles. The Bertz CT molecular complexity index is 479. The molecule has 0 saturated carbocycles. The van der Waals surface area contributed by atoms with E-state index < -0.39 is 0 Å². The summed E-state index contributed by atoms with van der Waals surface area (Å²) < 4.78 is 6.34. The minimum atomic E-state index is -0.252. The summed E-state index contributed by atoms with van der Waals surface area (Å²) in [7, 11) is 3.09. The molecule has 0 bridgehead atoms. The van der Waals surface area contributed by atoms with Gasteiger partial charge in [0.15, 0.2) is 0 Å². The average molecular weight is 440 g/mol. The molecule has 1 rings (SSSR count). The van der Waals surface area contributed by atoms with E-state index in [1.165, 1.54) is 7.11 Å². The number of methoxy groups -OCH3 is 1. The third-order valence-electron chi connectivity index (χ3n) is 2.61. The molecule has 19 heavy (non-hydrogen) atoms. The van der Waals surface area contributed by atoms with Gasteiger partial charge in [-0.05, 0) is 47.2 Å². The van der Waals surface area contributed by atoms with Crippen LogP contribution in [0.15, 0.2) is 22.7 Å². The summed E-state index contributed by atoms with van der Waals surface area (Å²) in [5.41, 5.74) is 0.663. The summed E-state index contributed by atoms with van der Waals surface area (Å²) in [6, 6.07) is 5.59. The molecule has 0 atom stereocenters. The first-order valence-corrected chi connectivity index (χ1v) is 7.60. The summed E-state index contributed by atoms with van der Waals surface area (Å²) in [5, 5.41) is 0. The van der Waals surface area contributed by atoms with E-state index >= 15 is 0 Å². The monoisotopic (exact) mass is 439 g/mol. The molecule has 0 aliphatic heterocycles. The van der Waals surface area contributed by atoms with Crippen LogP contribution in [0.2, 0.25) is 0 Å². The number of carbonyl (C=O) groups is 2. The number of nitrogens with zero attached hydrogens (tertiary/aromatic N) is 1. The fourth-order valence-corrected chi connectivity index (χ4v) is 2.46. The number of rotatable bonds is 5. The van der Waals surface area contributed by atoms with Gasteiger partial charge in [-0.1, -0.05) is 15.9 Å². The lowest BCUT2D eigenvalue weighted by Crippen LogP contribution is -2.28. The second-order valence-electron chi connectivity index (χ2n) is 4.03. The lowest BCUT2D eigenvalue weighted by Gasteiger charge is -2.17. The molecule has 6 heteroatoms. The maximum Gasteiger partial charge on any atom is 0.305 e. The number of halogens is 2. The van der Waals surface area contributed by atoms with Gasteiger partial charge in [0.1, 0.15) is 0 Å². The van der Waals surface area contributed by atoms with Crippen molar-refractivity contribution in [3.8, 4) is 0 Å². The molecule has 0 spiro atoms. The maximum absolute atomic E-state index is 12.2. The van der Waals surface area contributed by atoms with Gasteiger partial charge < -0.3 is 9.64 Å². The Morgan fingerprint density at radius 3 is 2.74 bits per heavy atom. The first-order chi connectivity index (χ1) is 8.95. The normalized spacial score (nSPS) is 10.1. The van der Waals surface area contributed by atoms with Crippen molar-refractivity contribution in [3.05, 3.63) is 31.8 Å². The standard InChI is InChI=1S/C13H15BrINO3/c1-16(7-3-4-12(17)19-2)13(18)10-8-9(14)5-6-11(10)15/h5-6,8H,3-4,7H2,1-2H3. The van der Waals surface area contributed by atoms with Crippen molar-refractivity contribution in [2.24, 2.45) is 0 Å². The Kier molecular flexibility index (Phi) is 6.78. The first-order valence-electron chi connectivity index (χ1n) is 5.73. The van der Waals surface area contributed by atoms with Crippen LogP contribution in [0.5, 0.6) is 0 Å². The zero-order valence-corrected chi connectivity index (χ0v) is 14.5. The highest BCUT2D eigenvalue weighted by Crippen LogP contribution is 2.19. The Balaban J connectivity index is 2.61. The van der Waals surface area contributed by atoms with Crippen LogP contribution in [-0.4, -0.2) is 37.5 Å². The largest absolute Gasteiger partial charge is 0.469 e. The number of hydrogen-bond donors (Lipinski definition) is 0. The van der Waals surface area contributed by atoms with Gasteiger partial charge >= 0.3 is 5.97 Å². The number of carbonyl (C=O) groups excluding carboxylic acids is 2. The number of esters is 1. The fourth-order valence-electron chi connectivity index (χ4n) is 1.53. The zero-order valence-electron chi connectivity index (χ0n) is 10.8. The van der Waals surface area contributed by atoms with E-state index in [0.717, 1.165) is 8.04 Å². The summed E-state index contributed by atoms with van der Waals surface area (Å²) >= 11 is 5.50. The first kappa shape index (κ1) is 16.4. The molecule has 0 aliphatic rings. The minimum Gasteiger partial charge on any atom is -0.469 e. The molecule has 1 amide bonds. The molecular weight excluding hydrogens is 425 g/mol. The van der Waals surface area contributed by atoms with Crippen LogP contribution in [0.3, 0.4) is 0 Å². The molecule has 1 aromatic rings. The Labute approximate surface area is 134 Å². The third-order valence-corrected chi connectivity index (χ3v) is 4.04. The SMILES string of the molecule is COC(=O)CCCN(C)C(=O)c1cc(Br)ccc1I. The van der Waals surface area contributed by atoms with Crippen LogP contribution in [0.1, 0.15) is 23.2 Å². The van der Waals surface area contributed by atoms with Crippen LogP contribution in [-0.2, 0) is 9.53 Å². The van der Waals surface area contributed by atoms with Gasteiger partial charge in [0, 0.05) is 28.1 Å². The Hall–Kier alpha value is -0.630. The van der Waals surface area contributed by atoms with Gasteiger partial charge in [0.2, 0.25) is 0 Å². The molecule has 0 aromatic heterocycles. The van der Waals surface area contributed by atoms with E-state index in [9.17, 15) is 9.59 Å². The molecule has 104 valence electrons. The van der Waals surface area contributed by atoms with Gasteiger partial charge in [0.25, 0.3) is 5.91 Å². The predicted octanol–water partition coefficient (Wildman–Crippen LogP) is 3.08. The second-order valence-corrected chi connectivity index (χ2v) is 6.11. The van der Waals surface area contributed by atoms with Crippen molar-refractivity contribution < 1.29 is 14.3 Å². The summed E-state index contributed by atoms with van der Waals surface area (Å²) in [5.74, 6) is -0.298. The number of amides is 1. The molecule has 0 fully saturated rings. The van der Waals surface area contributed by atoms with Crippen LogP contribution < -0.4 is 0 Å². The van der Waals surface area contributed by atoms with Crippen LogP contribution >= 0.6 is 38.5 Å². The van der Waals surface area contributed by atoms with Gasteiger partial charge in [0.05, 0.1) is 12.7 Å². The predicted molar refractivity (Wildman–Crippen MR) is 85.1 cm³/mol. The van der Waals surface area contributed by atoms with Gasteiger partial charge in [-0.25, -0.2) is 0 Å². The van der Waals surface area contributed by atoms with Gasteiger partial charge in [-0.2, -0.15) is 0 Å². The summed E-state index contributed by atoms with van der Waals surface area (Å²) in [6.45, 7) is 0.524. The third kappa shape index (κ3) is 5.10. The van der Waals surface area contributed by atoms with Crippen molar-refractivity contribution >= 4 is 50.4 Å². The second kappa shape index (κ2) is 7.84. The summed E-state index contributed by atoms with van der Waals surface area (Å²) in [6.07, 6.45) is 0.920. The zero-order chi connectivity index (χ0) is 14.4. The highest BCUT2D eigenvalue weighted by atomic mass is 127. The van der Waals surface area contributed by atoms with E-state index in [1.54, 1.807) is 18.0 Å². The van der Waals surface area contributed by atoms with Crippen molar-refractivity contribution in [3.63, 3.8) is 0 Å². The van der Waals surface area contributed by atoms with Crippen LogP contribution in [0.4, 0.5) is 0 Å². The summed E-state index contributed by atoms with van der Waals surface area (Å²) in [4.78, 5) is 24.9. The molecule has 0 heterocycles. The highest BCUT2D eigenvalue weighted by Gasteiger charge is 2.15. The quantitative estimate of drug-likeness (QED) is 0.523. The molecule has 0 N–H and O–H groups in total. The molecule has 4 nitrogen and oxygen atoms in total. The topological polar surface area (TPSA) is 46.6 Å². The van der Waals surface area contributed by atoms with Crippen LogP contribution in [0.25, 0.3) is 0 Å². The van der Waals surface area contributed by atoms with Gasteiger partial charge in [-0.3, -0.25) is 9.59 Å². The number of ether oxygens (including phenoxy) is 1. The molecule has 0 radical (unpaired) electrons. The van der Waals surface area contributed by atoms with Crippen molar-refractivity contribution in [2.45, 2.75) is 12.8 Å². The Morgan fingerprint density at radius 2 is 2.11 bits per heavy atom. The smallest absolute Gasteiger partial charge is 0.305 e. The van der Waals surface area contributed by atoms with Crippen molar-refractivity contribution in [1.29, 1.82) is 0 Å². The number of benzene rings is 1. The highest BCUT2D eigenvalue weighted by molar-refractivity contribution is 14.1. The van der Waals surface area contributed by atoms with E-state index in [2.05, 4.69) is 43.3 Å². The Morgan fingerprint density at radius 1 is 1.42 bits per heavy atom. The average Bonchev–Trinajstić information content (AvgIpc) is 2.40. The lowest BCUT2D eigenvalue weighted by atomic mass is 10.2.